The minimum atomic E-state index is 0.248. The van der Waals surface area contributed by atoms with Crippen molar-refractivity contribution in [2.75, 3.05) is 6.54 Å². The predicted molar refractivity (Wildman–Crippen MR) is 106 cm³/mol. The van der Waals surface area contributed by atoms with E-state index in [2.05, 4.69) is 91.0 Å². The molecule has 1 nitrogen and oxygen atoms in total. The molecule has 2 aromatic carbocycles. The molecule has 0 aliphatic rings. The molecule has 1 atom stereocenters. The number of hydrogen-bond donors (Lipinski definition) is 1. The van der Waals surface area contributed by atoms with Crippen LogP contribution in [0.2, 0.25) is 5.02 Å². The fourth-order valence-electron chi connectivity index (χ4n) is 2.23. The van der Waals surface area contributed by atoms with Gasteiger partial charge in [0.1, 0.15) is 0 Å². The molecule has 0 amide bonds. The van der Waals surface area contributed by atoms with Crippen molar-refractivity contribution in [3.63, 3.8) is 0 Å². The standard InChI is InChI=1S/C16H15Br2ClIN/c1-2-21-16(13-8-11(17)5-6-15(13)20)7-10-3-4-12(18)9-14(10)19/h3-6,8-9,16,21H,2,7H2,1H3. The molecular weight excluding hydrogens is 528 g/mol. The van der Waals surface area contributed by atoms with Gasteiger partial charge in [0.15, 0.2) is 0 Å². The molecule has 1 unspecified atom stereocenters. The Morgan fingerprint density at radius 3 is 2.48 bits per heavy atom. The van der Waals surface area contributed by atoms with Crippen LogP contribution in [0.4, 0.5) is 0 Å². The molecule has 2 rings (SSSR count). The van der Waals surface area contributed by atoms with E-state index in [1.807, 2.05) is 12.1 Å². The number of halogens is 4. The first-order chi connectivity index (χ1) is 10.0. The fourth-order valence-corrected chi connectivity index (χ4v) is 4.07. The molecule has 0 spiro atoms. The minimum absolute atomic E-state index is 0.248. The molecule has 0 aromatic heterocycles. The predicted octanol–water partition coefficient (Wildman–Crippen LogP) is 6.36. The highest BCUT2D eigenvalue weighted by molar-refractivity contribution is 14.1. The summed E-state index contributed by atoms with van der Waals surface area (Å²) < 4.78 is 3.37. The van der Waals surface area contributed by atoms with Gasteiger partial charge in [-0.2, -0.15) is 0 Å². The third-order valence-electron chi connectivity index (χ3n) is 3.22. The third-order valence-corrected chi connectivity index (χ3v) is 5.54. The molecule has 0 saturated heterocycles. The van der Waals surface area contributed by atoms with Gasteiger partial charge < -0.3 is 5.32 Å². The van der Waals surface area contributed by atoms with E-state index in [0.717, 1.165) is 32.5 Å². The van der Waals surface area contributed by atoms with Crippen LogP contribution in [-0.4, -0.2) is 6.54 Å². The molecular formula is C16H15Br2ClIN. The summed E-state index contributed by atoms with van der Waals surface area (Å²) in [7, 11) is 0. The van der Waals surface area contributed by atoms with Crippen molar-refractivity contribution >= 4 is 66.1 Å². The van der Waals surface area contributed by atoms with E-state index < -0.39 is 0 Å². The van der Waals surface area contributed by atoms with Crippen LogP contribution in [0.5, 0.6) is 0 Å². The van der Waals surface area contributed by atoms with E-state index in [1.54, 1.807) is 0 Å². The van der Waals surface area contributed by atoms with E-state index in [-0.39, 0.29) is 6.04 Å². The van der Waals surface area contributed by atoms with Crippen LogP contribution in [0.3, 0.4) is 0 Å². The van der Waals surface area contributed by atoms with Crippen molar-refractivity contribution in [2.45, 2.75) is 19.4 Å². The molecule has 0 aliphatic carbocycles. The maximum Gasteiger partial charge on any atom is 0.0449 e. The van der Waals surface area contributed by atoms with Crippen molar-refractivity contribution in [3.05, 3.63) is 65.1 Å². The van der Waals surface area contributed by atoms with Crippen LogP contribution in [0.25, 0.3) is 0 Å². The van der Waals surface area contributed by atoms with Crippen LogP contribution in [-0.2, 0) is 6.42 Å². The molecule has 0 radical (unpaired) electrons. The van der Waals surface area contributed by atoms with E-state index in [1.165, 1.54) is 9.13 Å². The summed E-state index contributed by atoms with van der Waals surface area (Å²) in [5.74, 6) is 0. The smallest absolute Gasteiger partial charge is 0.0449 e. The van der Waals surface area contributed by atoms with Gasteiger partial charge in [-0.3, -0.25) is 0 Å². The maximum absolute atomic E-state index is 6.36. The Morgan fingerprint density at radius 2 is 1.81 bits per heavy atom. The summed E-state index contributed by atoms with van der Waals surface area (Å²) in [5, 5.41) is 4.36. The van der Waals surface area contributed by atoms with Gasteiger partial charge >= 0.3 is 0 Å². The Labute approximate surface area is 161 Å². The Hall–Kier alpha value is 0.380. The van der Waals surface area contributed by atoms with Crippen LogP contribution in [0.1, 0.15) is 24.1 Å². The molecule has 0 heterocycles. The summed E-state index contributed by atoms with van der Waals surface area (Å²) in [6.07, 6.45) is 0.867. The van der Waals surface area contributed by atoms with Gasteiger partial charge in [-0.05, 0) is 77.0 Å². The van der Waals surface area contributed by atoms with Crippen molar-refractivity contribution in [1.82, 2.24) is 5.32 Å². The van der Waals surface area contributed by atoms with E-state index in [0.29, 0.717) is 0 Å². The summed E-state index contributed by atoms with van der Waals surface area (Å²) >= 11 is 15.8. The number of hydrogen-bond acceptors (Lipinski definition) is 1. The highest BCUT2D eigenvalue weighted by Crippen LogP contribution is 2.30. The van der Waals surface area contributed by atoms with Gasteiger partial charge in [-0.15, -0.1) is 0 Å². The molecule has 112 valence electrons. The van der Waals surface area contributed by atoms with Crippen molar-refractivity contribution < 1.29 is 0 Å². The molecule has 5 heteroatoms. The summed E-state index contributed by atoms with van der Waals surface area (Å²) in [6, 6.07) is 12.7. The zero-order chi connectivity index (χ0) is 15.4. The first kappa shape index (κ1) is 17.7. The Balaban J connectivity index is 2.32. The molecule has 0 fully saturated rings. The average molecular weight is 543 g/mol. The van der Waals surface area contributed by atoms with Gasteiger partial charge in [0, 0.05) is 23.6 Å². The van der Waals surface area contributed by atoms with Gasteiger partial charge in [0.05, 0.1) is 0 Å². The van der Waals surface area contributed by atoms with Gasteiger partial charge in [0.25, 0.3) is 0 Å². The Bertz CT molecular complexity index is 634. The second-order valence-electron chi connectivity index (χ2n) is 4.72. The van der Waals surface area contributed by atoms with Gasteiger partial charge in [0.2, 0.25) is 0 Å². The summed E-state index contributed by atoms with van der Waals surface area (Å²) in [5.41, 5.74) is 2.45. The lowest BCUT2D eigenvalue weighted by Crippen LogP contribution is -2.24. The van der Waals surface area contributed by atoms with Crippen LogP contribution in [0, 0.1) is 3.57 Å². The molecule has 21 heavy (non-hydrogen) atoms. The number of nitrogens with one attached hydrogen (secondary N) is 1. The fraction of sp³-hybridized carbons (Fsp3) is 0.250. The van der Waals surface area contributed by atoms with Gasteiger partial charge in [-0.1, -0.05) is 56.5 Å². The van der Waals surface area contributed by atoms with E-state index >= 15 is 0 Å². The monoisotopic (exact) mass is 541 g/mol. The minimum Gasteiger partial charge on any atom is -0.310 e. The normalized spacial score (nSPS) is 12.4. The third kappa shape index (κ3) is 4.93. The molecule has 1 N–H and O–H groups in total. The maximum atomic E-state index is 6.36. The van der Waals surface area contributed by atoms with Crippen molar-refractivity contribution in [2.24, 2.45) is 0 Å². The van der Waals surface area contributed by atoms with E-state index in [4.69, 9.17) is 11.6 Å². The van der Waals surface area contributed by atoms with E-state index in [9.17, 15) is 0 Å². The second kappa shape index (κ2) is 8.29. The molecule has 0 saturated carbocycles. The molecule has 0 aliphatic heterocycles. The Kier molecular flexibility index (Phi) is 7.00. The first-order valence-corrected chi connectivity index (χ1v) is 9.67. The van der Waals surface area contributed by atoms with Crippen LogP contribution in [0.15, 0.2) is 45.3 Å². The van der Waals surface area contributed by atoms with Crippen LogP contribution >= 0.6 is 66.1 Å². The molecule has 2 aromatic rings. The highest BCUT2D eigenvalue weighted by Gasteiger charge is 2.16. The lowest BCUT2D eigenvalue weighted by atomic mass is 9.99. The lowest BCUT2D eigenvalue weighted by molar-refractivity contribution is 0.547. The number of benzene rings is 2. The number of rotatable bonds is 5. The quantitative estimate of drug-likeness (QED) is 0.433. The Morgan fingerprint density at radius 1 is 1.14 bits per heavy atom. The van der Waals surface area contributed by atoms with Crippen molar-refractivity contribution in [1.29, 1.82) is 0 Å². The first-order valence-electron chi connectivity index (χ1n) is 6.63. The summed E-state index contributed by atoms with van der Waals surface area (Å²) in [4.78, 5) is 0. The largest absolute Gasteiger partial charge is 0.310 e. The SMILES string of the molecule is CCNC(Cc1ccc(Br)cc1Cl)c1cc(Br)ccc1I. The average Bonchev–Trinajstić information content (AvgIpc) is 2.44. The van der Waals surface area contributed by atoms with Crippen LogP contribution < -0.4 is 5.32 Å². The lowest BCUT2D eigenvalue weighted by Gasteiger charge is -2.21. The van der Waals surface area contributed by atoms with Crippen molar-refractivity contribution in [3.8, 4) is 0 Å². The van der Waals surface area contributed by atoms with Gasteiger partial charge in [-0.25, -0.2) is 0 Å². The number of likely N-dealkylation sites (N-methyl/N-ethyl adjacent to an activating group) is 1. The second-order valence-corrected chi connectivity index (χ2v) is 8.12. The molecule has 0 bridgehead atoms. The summed E-state index contributed by atoms with van der Waals surface area (Å²) in [6.45, 7) is 3.04. The highest BCUT2D eigenvalue weighted by atomic mass is 127. The zero-order valence-corrected chi connectivity index (χ0v) is 17.6. The zero-order valence-electron chi connectivity index (χ0n) is 11.5. The topological polar surface area (TPSA) is 12.0 Å².